The number of ether oxygens (including phenoxy) is 1. The summed E-state index contributed by atoms with van der Waals surface area (Å²) in [6.07, 6.45) is 5.91. The van der Waals surface area contributed by atoms with E-state index in [1.54, 1.807) is 0 Å². The average molecular weight is 154 g/mol. The molecule has 2 aliphatic rings. The molecule has 3 atom stereocenters. The molecule has 2 nitrogen and oxygen atoms in total. The molecule has 1 N–H and O–H groups in total. The molecule has 1 heterocycles. The standard InChI is InChI=1S/C9H14O2/c1-3-5-9(10)6-4-7-8(9,2)11-7/h3,5,7,10H,4,6H2,1-2H3/b5-3-/t7-,8-,9+/m0/s1. The average Bonchev–Trinajstić information content (AvgIpc) is 2.54. The van der Waals surface area contributed by atoms with Crippen molar-refractivity contribution in [1.29, 1.82) is 0 Å². The van der Waals surface area contributed by atoms with Gasteiger partial charge in [-0.15, -0.1) is 0 Å². The van der Waals surface area contributed by atoms with Crippen LogP contribution in [0.2, 0.25) is 0 Å². The Balaban J connectivity index is 2.25. The Bertz CT molecular complexity index is 210. The number of hydrogen-bond acceptors (Lipinski definition) is 2. The van der Waals surface area contributed by atoms with Crippen molar-refractivity contribution in [2.45, 2.75) is 44.0 Å². The molecule has 0 aromatic rings. The van der Waals surface area contributed by atoms with Crippen molar-refractivity contribution in [2.24, 2.45) is 0 Å². The summed E-state index contributed by atoms with van der Waals surface area (Å²) in [6.45, 7) is 3.92. The molecule has 0 unspecified atom stereocenters. The van der Waals surface area contributed by atoms with E-state index in [2.05, 4.69) is 0 Å². The Labute approximate surface area is 66.9 Å². The molecular weight excluding hydrogens is 140 g/mol. The maximum Gasteiger partial charge on any atom is 0.124 e. The molecule has 1 aliphatic carbocycles. The van der Waals surface area contributed by atoms with E-state index < -0.39 is 5.60 Å². The number of hydrogen-bond donors (Lipinski definition) is 1. The molecule has 1 saturated carbocycles. The fraction of sp³-hybridized carbons (Fsp3) is 0.778. The zero-order valence-electron chi connectivity index (χ0n) is 7.00. The third kappa shape index (κ3) is 0.741. The Morgan fingerprint density at radius 3 is 2.73 bits per heavy atom. The van der Waals surface area contributed by atoms with Crippen LogP contribution in [0.4, 0.5) is 0 Å². The molecule has 0 bridgehead atoms. The molecule has 2 fully saturated rings. The minimum absolute atomic E-state index is 0.264. The van der Waals surface area contributed by atoms with Crippen LogP contribution >= 0.6 is 0 Å². The maximum absolute atomic E-state index is 10.0. The third-order valence-electron chi connectivity index (χ3n) is 3.03. The van der Waals surface area contributed by atoms with Gasteiger partial charge < -0.3 is 9.84 Å². The number of epoxide rings is 1. The molecule has 2 rings (SSSR count). The van der Waals surface area contributed by atoms with Gasteiger partial charge in [0.25, 0.3) is 0 Å². The van der Waals surface area contributed by atoms with Crippen LogP contribution in [0.5, 0.6) is 0 Å². The maximum atomic E-state index is 10.0. The summed E-state index contributed by atoms with van der Waals surface area (Å²) in [5, 5.41) is 10.0. The van der Waals surface area contributed by atoms with Crippen molar-refractivity contribution in [3.8, 4) is 0 Å². The van der Waals surface area contributed by atoms with Crippen molar-refractivity contribution in [3.05, 3.63) is 12.2 Å². The first kappa shape index (κ1) is 7.32. The molecular formula is C9H14O2. The van der Waals surface area contributed by atoms with Crippen LogP contribution in [0.15, 0.2) is 12.2 Å². The first-order chi connectivity index (χ1) is 5.12. The van der Waals surface area contributed by atoms with Gasteiger partial charge in [0.1, 0.15) is 11.2 Å². The van der Waals surface area contributed by atoms with Gasteiger partial charge >= 0.3 is 0 Å². The zero-order chi connectivity index (χ0) is 8.11. The molecule has 62 valence electrons. The van der Waals surface area contributed by atoms with Crippen LogP contribution in [-0.4, -0.2) is 22.4 Å². The highest BCUT2D eigenvalue weighted by molar-refractivity contribution is 5.25. The Morgan fingerprint density at radius 1 is 1.64 bits per heavy atom. The van der Waals surface area contributed by atoms with Crippen LogP contribution in [0.25, 0.3) is 0 Å². The summed E-state index contributed by atoms with van der Waals surface area (Å²) >= 11 is 0. The van der Waals surface area contributed by atoms with Crippen LogP contribution in [-0.2, 0) is 4.74 Å². The lowest BCUT2D eigenvalue weighted by Gasteiger charge is -2.24. The summed E-state index contributed by atoms with van der Waals surface area (Å²) in [4.78, 5) is 0. The molecule has 1 saturated heterocycles. The van der Waals surface area contributed by atoms with E-state index in [0.29, 0.717) is 6.10 Å². The molecule has 2 heteroatoms. The lowest BCUT2D eigenvalue weighted by molar-refractivity contribution is 0.00595. The summed E-state index contributed by atoms with van der Waals surface area (Å²) in [7, 11) is 0. The second-order valence-corrected chi connectivity index (χ2v) is 3.68. The smallest absolute Gasteiger partial charge is 0.124 e. The van der Waals surface area contributed by atoms with Crippen LogP contribution < -0.4 is 0 Å². The van der Waals surface area contributed by atoms with E-state index >= 15 is 0 Å². The van der Waals surface area contributed by atoms with Crippen LogP contribution in [0.1, 0.15) is 26.7 Å². The van der Waals surface area contributed by atoms with Crippen molar-refractivity contribution in [3.63, 3.8) is 0 Å². The third-order valence-corrected chi connectivity index (χ3v) is 3.03. The molecule has 0 spiro atoms. The molecule has 0 radical (unpaired) electrons. The van der Waals surface area contributed by atoms with Gasteiger partial charge in [-0.1, -0.05) is 12.2 Å². The normalized spacial score (nSPS) is 55.0. The largest absolute Gasteiger partial charge is 0.383 e. The van der Waals surface area contributed by atoms with Crippen LogP contribution in [0.3, 0.4) is 0 Å². The second-order valence-electron chi connectivity index (χ2n) is 3.68. The van der Waals surface area contributed by atoms with E-state index in [1.807, 2.05) is 26.0 Å². The summed E-state index contributed by atoms with van der Waals surface area (Å²) in [5.41, 5.74) is -0.952. The van der Waals surface area contributed by atoms with Gasteiger partial charge in [0, 0.05) is 0 Å². The fourth-order valence-electron chi connectivity index (χ4n) is 2.10. The minimum Gasteiger partial charge on any atom is -0.383 e. The summed E-state index contributed by atoms with van der Waals surface area (Å²) < 4.78 is 5.41. The minimum atomic E-state index is -0.688. The van der Waals surface area contributed by atoms with Crippen molar-refractivity contribution in [2.75, 3.05) is 0 Å². The van der Waals surface area contributed by atoms with Crippen molar-refractivity contribution >= 4 is 0 Å². The second kappa shape index (κ2) is 1.87. The van der Waals surface area contributed by atoms with Crippen molar-refractivity contribution < 1.29 is 9.84 Å². The molecule has 1 aliphatic heterocycles. The van der Waals surface area contributed by atoms with Gasteiger partial charge in [-0.2, -0.15) is 0 Å². The molecule has 0 amide bonds. The first-order valence-electron chi connectivity index (χ1n) is 4.16. The van der Waals surface area contributed by atoms with Gasteiger partial charge in [0.2, 0.25) is 0 Å². The highest BCUT2D eigenvalue weighted by Crippen LogP contribution is 2.56. The number of fused-ring (bicyclic) bond motifs is 1. The SMILES string of the molecule is C/C=C\[C@@]1(O)CC[C@@H]2O[C@@]21C. The highest BCUT2D eigenvalue weighted by atomic mass is 16.6. The highest BCUT2D eigenvalue weighted by Gasteiger charge is 2.68. The summed E-state index contributed by atoms with van der Waals surface area (Å²) in [6, 6.07) is 0. The quantitative estimate of drug-likeness (QED) is 0.455. The van der Waals surface area contributed by atoms with Crippen LogP contribution in [0, 0.1) is 0 Å². The Kier molecular flexibility index (Phi) is 1.25. The number of allylic oxidation sites excluding steroid dienone is 1. The predicted octanol–water partition coefficient (Wildman–Crippen LogP) is 1.24. The first-order valence-corrected chi connectivity index (χ1v) is 4.16. The summed E-state index contributed by atoms with van der Waals surface area (Å²) in [5.74, 6) is 0. The number of aliphatic hydroxyl groups is 1. The Morgan fingerprint density at radius 2 is 2.36 bits per heavy atom. The van der Waals surface area contributed by atoms with Gasteiger partial charge in [-0.3, -0.25) is 0 Å². The van der Waals surface area contributed by atoms with Crippen molar-refractivity contribution in [1.82, 2.24) is 0 Å². The van der Waals surface area contributed by atoms with Gasteiger partial charge in [-0.05, 0) is 26.7 Å². The predicted molar refractivity (Wildman–Crippen MR) is 42.3 cm³/mol. The van der Waals surface area contributed by atoms with E-state index in [1.165, 1.54) is 0 Å². The van der Waals surface area contributed by atoms with Gasteiger partial charge in [-0.25, -0.2) is 0 Å². The fourth-order valence-corrected chi connectivity index (χ4v) is 2.10. The van der Waals surface area contributed by atoms with E-state index in [0.717, 1.165) is 12.8 Å². The monoisotopic (exact) mass is 154 g/mol. The molecule has 0 aromatic carbocycles. The lowest BCUT2D eigenvalue weighted by Crippen LogP contribution is -2.38. The van der Waals surface area contributed by atoms with Gasteiger partial charge in [0.15, 0.2) is 0 Å². The van der Waals surface area contributed by atoms with E-state index in [9.17, 15) is 5.11 Å². The van der Waals surface area contributed by atoms with Gasteiger partial charge in [0.05, 0.1) is 6.10 Å². The molecule has 0 aromatic heterocycles. The lowest BCUT2D eigenvalue weighted by atomic mass is 9.91. The topological polar surface area (TPSA) is 32.8 Å². The zero-order valence-corrected chi connectivity index (χ0v) is 7.00. The number of rotatable bonds is 1. The van der Waals surface area contributed by atoms with E-state index in [4.69, 9.17) is 4.74 Å². The van der Waals surface area contributed by atoms with E-state index in [-0.39, 0.29) is 5.60 Å². The Hall–Kier alpha value is -0.340. The molecule has 11 heavy (non-hydrogen) atoms.